The molecular formula is C13H24N2O3. The first-order valence-corrected chi connectivity index (χ1v) is 6.98. The van der Waals surface area contributed by atoms with E-state index in [4.69, 9.17) is 5.11 Å². The number of nitrogens with zero attached hydrogens (tertiary/aromatic N) is 2. The fraction of sp³-hybridized carbons (Fsp3) is 0.923. The minimum atomic E-state index is -0.447. The summed E-state index contributed by atoms with van der Waals surface area (Å²) in [6, 6.07) is 0. The van der Waals surface area contributed by atoms with Gasteiger partial charge < -0.3 is 20.0 Å². The van der Waals surface area contributed by atoms with Crippen LogP contribution in [0.15, 0.2) is 0 Å². The summed E-state index contributed by atoms with van der Waals surface area (Å²) in [6.45, 7) is 4.06. The van der Waals surface area contributed by atoms with Gasteiger partial charge in [-0.05, 0) is 38.3 Å². The van der Waals surface area contributed by atoms with Crippen LogP contribution in [0.3, 0.4) is 0 Å². The standard InChI is InChI=1S/C13H24N2O3/c16-10-11-3-6-14(7-4-11)8-12(17)9-15-5-1-2-13(15)18/h11-12,16-17H,1-10H2. The van der Waals surface area contributed by atoms with Crippen LogP contribution in [0.4, 0.5) is 0 Å². The van der Waals surface area contributed by atoms with E-state index in [0.717, 1.165) is 38.9 Å². The van der Waals surface area contributed by atoms with Crippen molar-refractivity contribution >= 4 is 5.91 Å². The Morgan fingerprint density at radius 3 is 2.50 bits per heavy atom. The number of carbonyl (C=O) groups is 1. The maximum absolute atomic E-state index is 11.5. The number of rotatable bonds is 5. The molecule has 0 saturated carbocycles. The van der Waals surface area contributed by atoms with E-state index in [-0.39, 0.29) is 12.5 Å². The Hall–Kier alpha value is -0.650. The molecule has 18 heavy (non-hydrogen) atoms. The normalized spacial score (nSPS) is 24.8. The largest absolute Gasteiger partial charge is 0.396 e. The van der Waals surface area contributed by atoms with Gasteiger partial charge in [-0.3, -0.25) is 4.79 Å². The second-order valence-corrected chi connectivity index (χ2v) is 5.52. The van der Waals surface area contributed by atoms with E-state index in [1.165, 1.54) is 0 Å². The molecule has 104 valence electrons. The van der Waals surface area contributed by atoms with Crippen molar-refractivity contribution in [3.63, 3.8) is 0 Å². The number of piperidine rings is 1. The van der Waals surface area contributed by atoms with Crippen LogP contribution in [0.25, 0.3) is 0 Å². The molecular weight excluding hydrogens is 232 g/mol. The van der Waals surface area contributed by atoms with Crippen molar-refractivity contribution in [1.29, 1.82) is 0 Å². The van der Waals surface area contributed by atoms with E-state index >= 15 is 0 Å². The molecule has 2 heterocycles. The highest BCUT2D eigenvalue weighted by atomic mass is 16.3. The Bertz CT molecular complexity index is 277. The number of hydrogen-bond donors (Lipinski definition) is 2. The highest BCUT2D eigenvalue weighted by molar-refractivity contribution is 5.78. The minimum Gasteiger partial charge on any atom is -0.396 e. The summed E-state index contributed by atoms with van der Waals surface area (Å²) < 4.78 is 0. The van der Waals surface area contributed by atoms with Gasteiger partial charge in [0.1, 0.15) is 0 Å². The van der Waals surface area contributed by atoms with Crippen molar-refractivity contribution < 1.29 is 15.0 Å². The molecule has 0 aliphatic carbocycles. The predicted octanol–water partition coefficient (Wildman–Crippen LogP) is -0.326. The molecule has 1 unspecified atom stereocenters. The number of likely N-dealkylation sites (tertiary alicyclic amines) is 2. The molecule has 1 amide bonds. The molecule has 2 saturated heterocycles. The molecule has 2 aliphatic rings. The highest BCUT2D eigenvalue weighted by Gasteiger charge is 2.25. The smallest absolute Gasteiger partial charge is 0.222 e. The summed E-state index contributed by atoms with van der Waals surface area (Å²) in [6.07, 6.45) is 3.12. The summed E-state index contributed by atoms with van der Waals surface area (Å²) in [5.41, 5.74) is 0. The Balaban J connectivity index is 1.68. The highest BCUT2D eigenvalue weighted by Crippen LogP contribution is 2.17. The number of carbonyl (C=O) groups excluding carboxylic acids is 1. The SMILES string of the molecule is O=C1CCCN1CC(O)CN1CCC(CO)CC1. The molecule has 0 aromatic carbocycles. The van der Waals surface area contributed by atoms with Crippen molar-refractivity contribution in [1.82, 2.24) is 9.80 Å². The number of aliphatic hydroxyl groups excluding tert-OH is 2. The van der Waals surface area contributed by atoms with Crippen LogP contribution in [-0.4, -0.2) is 71.4 Å². The molecule has 5 nitrogen and oxygen atoms in total. The molecule has 2 fully saturated rings. The van der Waals surface area contributed by atoms with Crippen LogP contribution in [-0.2, 0) is 4.79 Å². The molecule has 2 rings (SSSR count). The maximum Gasteiger partial charge on any atom is 0.222 e. The van der Waals surface area contributed by atoms with E-state index in [0.29, 0.717) is 25.4 Å². The van der Waals surface area contributed by atoms with Crippen molar-refractivity contribution in [2.24, 2.45) is 5.92 Å². The molecule has 5 heteroatoms. The van der Waals surface area contributed by atoms with E-state index in [1.807, 2.05) is 0 Å². The Morgan fingerprint density at radius 2 is 1.94 bits per heavy atom. The van der Waals surface area contributed by atoms with Gasteiger partial charge in [0.15, 0.2) is 0 Å². The molecule has 2 aliphatic heterocycles. The molecule has 0 bridgehead atoms. The third kappa shape index (κ3) is 3.67. The molecule has 0 spiro atoms. The number of hydrogen-bond acceptors (Lipinski definition) is 4. The zero-order valence-corrected chi connectivity index (χ0v) is 10.9. The Morgan fingerprint density at radius 1 is 1.22 bits per heavy atom. The van der Waals surface area contributed by atoms with Crippen molar-refractivity contribution in [2.75, 3.05) is 39.3 Å². The van der Waals surface area contributed by atoms with Crippen LogP contribution in [0, 0.1) is 5.92 Å². The third-order valence-electron chi connectivity index (χ3n) is 4.04. The van der Waals surface area contributed by atoms with E-state index in [2.05, 4.69) is 4.90 Å². The number of amides is 1. The molecule has 0 radical (unpaired) electrons. The quantitative estimate of drug-likeness (QED) is 0.707. The summed E-state index contributed by atoms with van der Waals surface area (Å²) in [4.78, 5) is 15.5. The van der Waals surface area contributed by atoms with Crippen molar-refractivity contribution in [3.8, 4) is 0 Å². The first-order valence-electron chi connectivity index (χ1n) is 6.98. The average Bonchev–Trinajstić information content (AvgIpc) is 2.76. The topological polar surface area (TPSA) is 64.0 Å². The number of aliphatic hydroxyl groups is 2. The molecule has 2 N–H and O–H groups in total. The van der Waals surface area contributed by atoms with Gasteiger partial charge in [-0.25, -0.2) is 0 Å². The summed E-state index contributed by atoms with van der Waals surface area (Å²) in [5.74, 6) is 0.603. The predicted molar refractivity (Wildman–Crippen MR) is 68.1 cm³/mol. The van der Waals surface area contributed by atoms with E-state index in [9.17, 15) is 9.90 Å². The molecule has 0 aromatic heterocycles. The lowest BCUT2D eigenvalue weighted by Gasteiger charge is -2.33. The minimum absolute atomic E-state index is 0.174. The van der Waals surface area contributed by atoms with Gasteiger partial charge in [0, 0.05) is 32.7 Å². The monoisotopic (exact) mass is 256 g/mol. The zero-order chi connectivity index (χ0) is 13.0. The summed E-state index contributed by atoms with van der Waals surface area (Å²) >= 11 is 0. The summed E-state index contributed by atoms with van der Waals surface area (Å²) in [5, 5.41) is 19.1. The maximum atomic E-state index is 11.5. The van der Waals surface area contributed by atoms with Gasteiger partial charge in [0.05, 0.1) is 6.10 Å². The lowest BCUT2D eigenvalue weighted by Crippen LogP contribution is -2.43. The number of β-amino-alcohol motifs (C(OH)–C–C–N with tert-alkyl or cyclic N) is 1. The molecule has 1 atom stereocenters. The second-order valence-electron chi connectivity index (χ2n) is 5.52. The van der Waals surface area contributed by atoms with Gasteiger partial charge >= 0.3 is 0 Å². The zero-order valence-electron chi connectivity index (χ0n) is 10.9. The van der Waals surface area contributed by atoms with Gasteiger partial charge in [-0.2, -0.15) is 0 Å². The van der Waals surface area contributed by atoms with Gasteiger partial charge in [-0.1, -0.05) is 0 Å². The lowest BCUT2D eigenvalue weighted by atomic mass is 9.98. The van der Waals surface area contributed by atoms with Crippen molar-refractivity contribution in [3.05, 3.63) is 0 Å². The van der Waals surface area contributed by atoms with Crippen LogP contribution < -0.4 is 0 Å². The fourth-order valence-electron chi connectivity index (χ4n) is 2.86. The van der Waals surface area contributed by atoms with Crippen LogP contribution >= 0.6 is 0 Å². The summed E-state index contributed by atoms with van der Waals surface area (Å²) in [7, 11) is 0. The fourth-order valence-corrected chi connectivity index (χ4v) is 2.86. The van der Waals surface area contributed by atoms with E-state index in [1.54, 1.807) is 4.90 Å². The van der Waals surface area contributed by atoms with Gasteiger partial charge in [0.2, 0.25) is 5.91 Å². The van der Waals surface area contributed by atoms with Crippen LogP contribution in [0.2, 0.25) is 0 Å². The third-order valence-corrected chi connectivity index (χ3v) is 4.04. The van der Waals surface area contributed by atoms with E-state index < -0.39 is 6.10 Å². The molecule has 0 aromatic rings. The first-order chi connectivity index (χ1) is 8.69. The average molecular weight is 256 g/mol. The van der Waals surface area contributed by atoms with Gasteiger partial charge in [0.25, 0.3) is 0 Å². The lowest BCUT2D eigenvalue weighted by molar-refractivity contribution is -0.129. The van der Waals surface area contributed by atoms with Crippen molar-refractivity contribution in [2.45, 2.75) is 31.8 Å². The van der Waals surface area contributed by atoms with Gasteiger partial charge in [-0.15, -0.1) is 0 Å². The van der Waals surface area contributed by atoms with Crippen LogP contribution in [0.1, 0.15) is 25.7 Å². The second kappa shape index (κ2) is 6.50. The Labute approximate surface area is 108 Å². The van der Waals surface area contributed by atoms with Crippen LogP contribution in [0.5, 0.6) is 0 Å². The first kappa shape index (κ1) is 13.8. The Kier molecular flexibility index (Phi) is 4.97.